The second-order valence-electron chi connectivity index (χ2n) is 5.72. The molecule has 1 fully saturated rings. The van der Waals surface area contributed by atoms with Gasteiger partial charge in [0.1, 0.15) is 11.4 Å². The number of nitrogen functional groups attached to an aromatic ring is 1. The van der Waals surface area contributed by atoms with Gasteiger partial charge in [0.25, 0.3) is 0 Å². The zero-order valence-corrected chi connectivity index (χ0v) is 13.7. The first-order valence-electron chi connectivity index (χ1n) is 7.45. The van der Waals surface area contributed by atoms with Crippen LogP contribution in [0, 0.1) is 18.3 Å². The minimum Gasteiger partial charge on any atom is -0.384 e. The molecule has 1 aliphatic rings. The van der Waals surface area contributed by atoms with Crippen molar-refractivity contribution in [2.24, 2.45) is 0 Å². The van der Waals surface area contributed by atoms with Gasteiger partial charge in [-0.05, 0) is 26.7 Å². The van der Waals surface area contributed by atoms with Crippen LogP contribution in [0.15, 0.2) is 11.2 Å². The largest absolute Gasteiger partial charge is 0.384 e. The summed E-state index contributed by atoms with van der Waals surface area (Å²) in [6.45, 7) is 3.62. The zero-order valence-electron chi connectivity index (χ0n) is 12.9. The van der Waals surface area contributed by atoms with Crippen LogP contribution in [0.5, 0.6) is 0 Å². The van der Waals surface area contributed by atoms with Gasteiger partial charge in [-0.25, -0.2) is 9.97 Å². The normalized spacial score (nSPS) is 18.2. The van der Waals surface area contributed by atoms with E-state index in [2.05, 4.69) is 21.4 Å². The molecule has 118 valence electrons. The highest BCUT2D eigenvalue weighted by Crippen LogP contribution is 2.29. The van der Waals surface area contributed by atoms with Crippen LogP contribution in [0.1, 0.15) is 44.7 Å². The number of nitriles is 1. The summed E-state index contributed by atoms with van der Waals surface area (Å²) >= 11 is 1.25. The highest BCUT2D eigenvalue weighted by molar-refractivity contribution is 8.00. The van der Waals surface area contributed by atoms with Gasteiger partial charge in [0.05, 0.1) is 11.3 Å². The Hall–Kier alpha value is -1.81. The van der Waals surface area contributed by atoms with E-state index in [1.807, 2.05) is 6.92 Å². The quantitative estimate of drug-likeness (QED) is 0.651. The van der Waals surface area contributed by atoms with Crippen LogP contribution in [0.2, 0.25) is 0 Å². The van der Waals surface area contributed by atoms with Gasteiger partial charge in [-0.2, -0.15) is 5.26 Å². The third-order valence-corrected chi connectivity index (χ3v) is 4.75. The van der Waals surface area contributed by atoms with E-state index in [-0.39, 0.29) is 11.2 Å². The van der Waals surface area contributed by atoms with Crippen molar-refractivity contribution in [2.45, 2.75) is 61.9 Å². The molecule has 2 rings (SSSR count). The van der Waals surface area contributed by atoms with Crippen LogP contribution in [0.25, 0.3) is 0 Å². The third-order valence-electron chi connectivity index (χ3n) is 3.79. The molecular weight excluding hydrogens is 298 g/mol. The SMILES string of the molecule is Cc1cc(N)nc(SC(C)C(=O)NC2(C#N)CCCCC2)n1. The first-order chi connectivity index (χ1) is 10.4. The summed E-state index contributed by atoms with van der Waals surface area (Å²) in [5.41, 5.74) is 5.75. The molecule has 1 aromatic rings. The maximum absolute atomic E-state index is 12.4. The maximum Gasteiger partial charge on any atom is 0.234 e. The second kappa shape index (κ2) is 6.97. The Morgan fingerprint density at radius 3 is 2.73 bits per heavy atom. The molecule has 0 aromatic carbocycles. The molecule has 6 nitrogen and oxygen atoms in total. The molecule has 0 saturated heterocycles. The van der Waals surface area contributed by atoms with Crippen molar-refractivity contribution in [1.29, 1.82) is 5.26 Å². The molecule has 3 N–H and O–H groups in total. The Kier molecular flexibility index (Phi) is 5.24. The molecule has 1 saturated carbocycles. The first-order valence-corrected chi connectivity index (χ1v) is 8.33. The Morgan fingerprint density at radius 2 is 2.14 bits per heavy atom. The lowest BCUT2D eigenvalue weighted by Gasteiger charge is -2.32. The fourth-order valence-electron chi connectivity index (χ4n) is 2.59. The van der Waals surface area contributed by atoms with Crippen LogP contribution in [0.4, 0.5) is 5.82 Å². The van der Waals surface area contributed by atoms with E-state index in [4.69, 9.17) is 5.73 Å². The number of aryl methyl sites for hydroxylation is 1. The second-order valence-corrected chi connectivity index (χ2v) is 7.03. The molecule has 1 heterocycles. The van der Waals surface area contributed by atoms with Crippen LogP contribution < -0.4 is 11.1 Å². The molecule has 1 aromatic heterocycles. The Bertz CT molecular complexity index is 572. The molecule has 0 radical (unpaired) electrons. The summed E-state index contributed by atoms with van der Waals surface area (Å²) in [5.74, 6) is 0.237. The predicted octanol–water partition coefficient (Wildman–Crippen LogP) is 2.19. The number of nitrogens with one attached hydrogen (secondary N) is 1. The average Bonchev–Trinajstić information content (AvgIpc) is 2.47. The summed E-state index contributed by atoms with van der Waals surface area (Å²) < 4.78 is 0. The highest BCUT2D eigenvalue weighted by atomic mass is 32.2. The number of amides is 1. The number of anilines is 1. The Labute approximate surface area is 134 Å². The minimum absolute atomic E-state index is 0.155. The lowest BCUT2D eigenvalue weighted by molar-refractivity contribution is -0.121. The Morgan fingerprint density at radius 1 is 1.45 bits per heavy atom. The van der Waals surface area contributed by atoms with Crippen LogP contribution in [0.3, 0.4) is 0 Å². The fraction of sp³-hybridized carbons (Fsp3) is 0.600. The summed E-state index contributed by atoms with van der Waals surface area (Å²) in [6.07, 6.45) is 4.53. The van der Waals surface area contributed by atoms with E-state index in [0.717, 1.165) is 37.8 Å². The van der Waals surface area contributed by atoms with Crippen LogP contribution in [-0.4, -0.2) is 26.7 Å². The van der Waals surface area contributed by atoms with Crippen molar-refractivity contribution in [3.63, 3.8) is 0 Å². The first kappa shape index (κ1) is 16.6. The van der Waals surface area contributed by atoms with E-state index < -0.39 is 5.54 Å². The van der Waals surface area contributed by atoms with E-state index >= 15 is 0 Å². The smallest absolute Gasteiger partial charge is 0.234 e. The topological polar surface area (TPSA) is 105 Å². The van der Waals surface area contributed by atoms with Gasteiger partial charge in [-0.15, -0.1) is 0 Å². The molecule has 1 amide bonds. The number of nitrogens with two attached hydrogens (primary N) is 1. The Balaban J connectivity index is 2.01. The van der Waals surface area contributed by atoms with Crippen molar-refractivity contribution in [3.8, 4) is 6.07 Å². The van der Waals surface area contributed by atoms with Crippen molar-refractivity contribution in [3.05, 3.63) is 11.8 Å². The van der Waals surface area contributed by atoms with Crippen LogP contribution >= 0.6 is 11.8 Å². The molecule has 0 bridgehead atoms. The standard InChI is InChI=1S/C15H21N5OS/c1-10-8-12(17)19-14(18-10)22-11(2)13(21)20-15(9-16)6-4-3-5-7-15/h8,11H,3-7H2,1-2H3,(H,20,21)(H2,17,18,19). The maximum atomic E-state index is 12.4. The van der Waals surface area contributed by atoms with E-state index in [0.29, 0.717) is 11.0 Å². The zero-order chi connectivity index (χ0) is 16.2. The lowest BCUT2D eigenvalue weighted by atomic mass is 9.83. The highest BCUT2D eigenvalue weighted by Gasteiger charge is 2.35. The molecular formula is C15H21N5OS. The van der Waals surface area contributed by atoms with Gasteiger partial charge in [-0.1, -0.05) is 31.0 Å². The number of carbonyl (C=O) groups is 1. The summed E-state index contributed by atoms with van der Waals surface area (Å²) in [5, 5.41) is 12.4. The number of nitrogens with zero attached hydrogens (tertiary/aromatic N) is 3. The molecule has 22 heavy (non-hydrogen) atoms. The van der Waals surface area contributed by atoms with Crippen molar-refractivity contribution in [1.82, 2.24) is 15.3 Å². The molecule has 1 unspecified atom stereocenters. The number of hydrogen-bond acceptors (Lipinski definition) is 6. The predicted molar refractivity (Wildman–Crippen MR) is 86.1 cm³/mol. The molecule has 1 atom stereocenters. The number of rotatable bonds is 4. The summed E-state index contributed by atoms with van der Waals surface area (Å²) in [6, 6.07) is 3.97. The third kappa shape index (κ3) is 4.10. The summed E-state index contributed by atoms with van der Waals surface area (Å²) in [7, 11) is 0. The van der Waals surface area contributed by atoms with E-state index in [1.165, 1.54) is 11.8 Å². The molecule has 0 spiro atoms. The molecule has 1 aliphatic carbocycles. The van der Waals surface area contributed by atoms with Crippen LogP contribution in [-0.2, 0) is 4.79 Å². The molecule has 7 heteroatoms. The van der Waals surface area contributed by atoms with E-state index in [9.17, 15) is 10.1 Å². The monoisotopic (exact) mass is 319 g/mol. The van der Waals surface area contributed by atoms with Gasteiger partial charge in [-0.3, -0.25) is 4.79 Å². The minimum atomic E-state index is -0.712. The van der Waals surface area contributed by atoms with Crippen molar-refractivity contribution in [2.75, 3.05) is 5.73 Å². The van der Waals surface area contributed by atoms with Gasteiger partial charge < -0.3 is 11.1 Å². The number of thioether (sulfide) groups is 1. The fourth-order valence-corrected chi connectivity index (χ4v) is 3.42. The number of aromatic nitrogens is 2. The summed E-state index contributed by atoms with van der Waals surface area (Å²) in [4.78, 5) is 20.8. The van der Waals surface area contributed by atoms with E-state index in [1.54, 1.807) is 13.0 Å². The van der Waals surface area contributed by atoms with Crippen molar-refractivity contribution >= 4 is 23.5 Å². The number of hydrogen-bond donors (Lipinski definition) is 2. The van der Waals surface area contributed by atoms with Crippen molar-refractivity contribution < 1.29 is 4.79 Å². The molecule has 0 aliphatic heterocycles. The van der Waals surface area contributed by atoms with Gasteiger partial charge >= 0.3 is 0 Å². The lowest BCUT2D eigenvalue weighted by Crippen LogP contribution is -2.50. The van der Waals surface area contributed by atoms with Gasteiger partial charge in [0.15, 0.2) is 5.16 Å². The van der Waals surface area contributed by atoms with Gasteiger partial charge in [0, 0.05) is 11.8 Å². The average molecular weight is 319 g/mol. The number of carbonyl (C=O) groups excluding carboxylic acids is 1. The van der Waals surface area contributed by atoms with Gasteiger partial charge in [0.2, 0.25) is 5.91 Å².